The number of allylic oxidation sites excluding steroid dienone is 1. The highest BCUT2D eigenvalue weighted by atomic mass is 16.5. The minimum Gasteiger partial charge on any atom is -0.465 e. The average Bonchev–Trinajstić information content (AvgIpc) is 2.32. The first-order valence-corrected chi connectivity index (χ1v) is 6.42. The second-order valence-electron chi connectivity index (χ2n) is 5.14. The highest BCUT2D eigenvalue weighted by Gasteiger charge is 2.32. The van der Waals surface area contributed by atoms with Crippen LogP contribution < -0.4 is 0 Å². The topological polar surface area (TPSA) is 52.6 Å². The number of carbonyl (C=O) groups is 2. The Morgan fingerprint density at radius 3 is 2.78 bits per heavy atom. The van der Waals surface area contributed by atoms with Gasteiger partial charge in [0.15, 0.2) is 0 Å². The highest BCUT2D eigenvalue weighted by molar-refractivity contribution is 5.88. The Morgan fingerprint density at radius 2 is 2.17 bits per heavy atom. The van der Waals surface area contributed by atoms with E-state index in [4.69, 9.17) is 9.47 Å². The molecule has 2 atom stereocenters. The van der Waals surface area contributed by atoms with Crippen molar-refractivity contribution in [1.82, 2.24) is 0 Å². The number of ether oxygens (including phenoxy) is 2. The lowest BCUT2D eigenvalue weighted by atomic mass is 9.87. The zero-order chi connectivity index (χ0) is 13.5. The second kappa shape index (κ2) is 7.31. The van der Waals surface area contributed by atoms with Crippen LogP contribution in [0.15, 0.2) is 12.7 Å². The molecule has 0 aromatic rings. The van der Waals surface area contributed by atoms with E-state index in [0.29, 0.717) is 32.2 Å². The minimum absolute atomic E-state index is 0.0997. The first-order chi connectivity index (χ1) is 8.54. The van der Waals surface area contributed by atoms with Gasteiger partial charge in [-0.3, -0.25) is 9.59 Å². The number of rotatable bonds is 6. The molecule has 1 aliphatic rings. The second-order valence-corrected chi connectivity index (χ2v) is 5.14. The van der Waals surface area contributed by atoms with E-state index in [1.165, 1.54) is 0 Å². The number of carbonyl (C=O) groups excluding carboxylic acids is 2. The van der Waals surface area contributed by atoms with Crippen molar-refractivity contribution < 1.29 is 19.1 Å². The summed E-state index contributed by atoms with van der Waals surface area (Å²) in [7, 11) is 0. The fourth-order valence-electron chi connectivity index (χ4n) is 1.91. The summed E-state index contributed by atoms with van der Waals surface area (Å²) in [5, 5.41) is 0. The number of ketones is 1. The van der Waals surface area contributed by atoms with Crippen molar-refractivity contribution in [3.8, 4) is 0 Å². The molecular formula is C14H22O4. The maximum Gasteiger partial charge on any atom is 0.306 e. The third-order valence-electron chi connectivity index (χ3n) is 2.88. The summed E-state index contributed by atoms with van der Waals surface area (Å²) >= 11 is 0. The number of esters is 1. The molecule has 0 aromatic heterocycles. The van der Waals surface area contributed by atoms with Gasteiger partial charge in [0, 0.05) is 5.92 Å². The molecule has 0 aromatic carbocycles. The van der Waals surface area contributed by atoms with E-state index in [-0.39, 0.29) is 30.0 Å². The fourth-order valence-corrected chi connectivity index (χ4v) is 1.91. The number of hydrogen-bond acceptors (Lipinski definition) is 4. The Balaban J connectivity index is 2.43. The van der Waals surface area contributed by atoms with Gasteiger partial charge in [0.2, 0.25) is 0 Å². The van der Waals surface area contributed by atoms with Gasteiger partial charge in [-0.1, -0.05) is 19.9 Å². The maximum atomic E-state index is 12.1. The van der Waals surface area contributed by atoms with E-state index in [2.05, 4.69) is 6.58 Å². The molecule has 1 heterocycles. The van der Waals surface area contributed by atoms with Crippen molar-refractivity contribution in [3.05, 3.63) is 12.7 Å². The maximum absolute atomic E-state index is 12.1. The van der Waals surface area contributed by atoms with Crippen LogP contribution in [0.5, 0.6) is 0 Å². The fraction of sp³-hybridized carbons (Fsp3) is 0.714. The van der Waals surface area contributed by atoms with Gasteiger partial charge in [0.05, 0.1) is 32.2 Å². The van der Waals surface area contributed by atoms with Crippen LogP contribution in [-0.2, 0) is 19.1 Å². The SMILES string of the molecule is C=CCC1COCC(CC(=O)OCC(C)C)C1=O. The standard InChI is InChI=1S/C14H22O4/c1-4-5-11-8-17-9-12(14(11)16)6-13(15)18-7-10(2)3/h4,10-12H,1,5-9H2,2-3H3. The Hall–Kier alpha value is -1.16. The van der Waals surface area contributed by atoms with Gasteiger partial charge in [-0.25, -0.2) is 0 Å². The molecule has 0 radical (unpaired) electrons. The lowest BCUT2D eigenvalue weighted by Gasteiger charge is -2.26. The van der Waals surface area contributed by atoms with Gasteiger partial charge in [0.1, 0.15) is 5.78 Å². The molecule has 102 valence electrons. The largest absolute Gasteiger partial charge is 0.465 e. The van der Waals surface area contributed by atoms with Crippen molar-refractivity contribution in [2.45, 2.75) is 26.7 Å². The molecular weight excluding hydrogens is 232 g/mol. The van der Waals surface area contributed by atoms with E-state index in [1.807, 2.05) is 13.8 Å². The van der Waals surface area contributed by atoms with Crippen LogP contribution >= 0.6 is 0 Å². The van der Waals surface area contributed by atoms with E-state index in [9.17, 15) is 9.59 Å². The molecule has 0 saturated carbocycles. The molecule has 0 N–H and O–H groups in total. The highest BCUT2D eigenvalue weighted by Crippen LogP contribution is 2.22. The Bertz CT molecular complexity index is 309. The molecule has 2 unspecified atom stereocenters. The van der Waals surface area contributed by atoms with Crippen LogP contribution in [-0.4, -0.2) is 31.6 Å². The molecule has 0 spiro atoms. The van der Waals surface area contributed by atoms with Crippen molar-refractivity contribution in [1.29, 1.82) is 0 Å². The number of hydrogen-bond donors (Lipinski definition) is 0. The Labute approximate surface area is 108 Å². The Kier molecular flexibility index (Phi) is 6.05. The van der Waals surface area contributed by atoms with Gasteiger partial charge in [-0.2, -0.15) is 0 Å². The predicted molar refractivity (Wildman–Crippen MR) is 68.0 cm³/mol. The van der Waals surface area contributed by atoms with Crippen molar-refractivity contribution >= 4 is 11.8 Å². The molecule has 4 nitrogen and oxygen atoms in total. The van der Waals surface area contributed by atoms with Crippen LogP contribution in [0.25, 0.3) is 0 Å². The van der Waals surface area contributed by atoms with Crippen LogP contribution in [0, 0.1) is 17.8 Å². The molecule has 1 aliphatic heterocycles. The smallest absolute Gasteiger partial charge is 0.306 e. The number of Topliss-reactive ketones (excluding diaryl/α,β-unsaturated/α-hetero) is 1. The summed E-state index contributed by atoms with van der Waals surface area (Å²) in [5.41, 5.74) is 0. The molecule has 1 rings (SSSR count). The summed E-state index contributed by atoms with van der Waals surface area (Å²) in [6.07, 6.45) is 2.45. The molecule has 0 bridgehead atoms. The lowest BCUT2D eigenvalue weighted by molar-refractivity contribution is -0.152. The van der Waals surface area contributed by atoms with Gasteiger partial charge in [-0.05, 0) is 12.3 Å². The summed E-state index contributed by atoms with van der Waals surface area (Å²) in [5.74, 6) is -0.421. The normalized spacial score (nSPS) is 24.1. The summed E-state index contributed by atoms with van der Waals surface area (Å²) in [4.78, 5) is 23.6. The van der Waals surface area contributed by atoms with Crippen LogP contribution in [0.2, 0.25) is 0 Å². The zero-order valence-electron chi connectivity index (χ0n) is 11.2. The van der Waals surface area contributed by atoms with Gasteiger partial charge in [-0.15, -0.1) is 6.58 Å². The first-order valence-electron chi connectivity index (χ1n) is 6.42. The van der Waals surface area contributed by atoms with E-state index in [0.717, 1.165) is 0 Å². The molecule has 0 aliphatic carbocycles. The van der Waals surface area contributed by atoms with Gasteiger partial charge >= 0.3 is 5.97 Å². The lowest BCUT2D eigenvalue weighted by Crippen LogP contribution is -2.37. The molecule has 4 heteroatoms. The van der Waals surface area contributed by atoms with E-state index >= 15 is 0 Å². The minimum atomic E-state index is -0.358. The van der Waals surface area contributed by atoms with Crippen molar-refractivity contribution in [2.24, 2.45) is 17.8 Å². The van der Waals surface area contributed by atoms with Crippen LogP contribution in [0.3, 0.4) is 0 Å². The first kappa shape index (κ1) is 14.9. The van der Waals surface area contributed by atoms with Crippen LogP contribution in [0.1, 0.15) is 26.7 Å². The van der Waals surface area contributed by atoms with Gasteiger partial charge in [0.25, 0.3) is 0 Å². The summed E-state index contributed by atoms with van der Waals surface area (Å²) in [6, 6.07) is 0. The molecule has 18 heavy (non-hydrogen) atoms. The van der Waals surface area contributed by atoms with E-state index in [1.54, 1.807) is 6.08 Å². The quantitative estimate of drug-likeness (QED) is 0.537. The average molecular weight is 254 g/mol. The van der Waals surface area contributed by atoms with Crippen molar-refractivity contribution in [2.75, 3.05) is 19.8 Å². The van der Waals surface area contributed by atoms with E-state index < -0.39 is 0 Å². The third kappa shape index (κ3) is 4.61. The molecule has 1 fully saturated rings. The summed E-state index contributed by atoms with van der Waals surface area (Å²) in [6.45, 7) is 8.73. The van der Waals surface area contributed by atoms with Gasteiger partial charge < -0.3 is 9.47 Å². The molecule has 0 amide bonds. The van der Waals surface area contributed by atoms with Crippen molar-refractivity contribution in [3.63, 3.8) is 0 Å². The third-order valence-corrected chi connectivity index (χ3v) is 2.88. The molecule has 1 saturated heterocycles. The monoisotopic (exact) mass is 254 g/mol. The predicted octanol–water partition coefficient (Wildman–Crippen LogP) is 1.98. The van der Waals surface area contributed by atoms with Crippen LogP contribution in [0.4, 0.5) is 0 Å². The zero-order valence-corrected chi connectivity index (χ0v) is 11.2. The Morgan fingerprint density at radius 1 is 1.50 bits per heavy atom. The summed E-state index contributed by atoms with van der Waals surface area (Å²) < 4.78 is 10.5.